The smallest absolute Gasteiger partial charge is 0.323 e. The molecule has 1 heterocycles. The maximum Gasteiger partial charge on any atom is 0.323 e. The van der Waals surface area contributed by atoms with Gasteiger partial charge in [0.25, 0.3) is 0 Å². The van der Waals surface area contributed by atoms with E-state index in [-0.39, 0.29) is 17.9 Å². The van der Waals surface area contributed by atoms with Crippen LogP contribution in [0.5, 0.6) is 0 Å². The zero-order valence-electron chi connectivity index (χ0n) is 17.8. The Labute approximate surface area is 183 Å². The molecule has 160 valence electrons. The number of rotatable bonds is 2. The molecular weight excluding hydrogens is 386 g/mol. The van der Waals surface area contributed by atoms with Crippen LogP contribution < -0.4 is 15.5 Å². The van der Waals surface area contributed by atoms with E-state index in [1.54, 1.807) is 0 Å². The lowest BCUT2D eigenvalue weighted by Gasteiger charge is -2.35. The van der Waals surface area contributed by atoms with Crippen molar-refractivity contribution in [2.45, 2.75) is 63.5 Å². The number of hydrogen-bond acceptors (Lipinski definition) is 3. The zero-order valence-corrected chi connectivity index (χ0v) is 17.8. The lowest BCUT2D eigenvalue weighted by atomic mass is 9.86. The maximum atomic E-state index is 13.8. The summed E-state index contributed by atoms with van der Waals surface area (Å²) in [6.45, 7) is 0. The Bertz CT molecular complexity index is 1010. The molecule has 2 aromatic rings. The van der Waals surface area contributed by atoms with Crippen molar-refractivity contribution in [3.8, 4) is 0 Å². The molecule has 1 aliphatic heterocycles. The monoisotopic (exact) mass is 415 g/mol. The number of hydrogen-bond donors (Lipinski definition) is 2. The molecule has 1 saturated carbocycles. The van der Waals surface area contributed by atoms with Gasteiger partial charge in [0, 0.05) is 23.7 Å². The third kappa shape index (κ3) is 3.85. The molecule has 3 aliphatic rings. The summed E-state index contributed by atoms with van der Waals surface area (Å²) in [5, 5.41) is 6.81. The Morgan fingerprint density at radius 1 is 0.903 bits per heavy atom. The van der Waals surface area contributed by atoms with E-state index < -0.39 is 6.04 Å². The van der Waals surface area contributed by atoms with Gasteiger partial charge in [-0.1, -0.05) is 61.7 Å². The molecular formula is C26H29N3O2. The van der Waals surface area contributed by atoms with E-state index in [0.29, 0.717) is 6.42 Å². The molecule has 1 fully saturated rings. The molecule has 0 aromatic heterocycles. The third-order valence-electron chi connectivity index (χ3n) is 6.70. The predicted molar refractivity (Wildman–Crippen MR) is 123 cm³/mol. The van der Waals surface area contributed by atoms with Gasteiger partial charge in [0.2, 0.25) is 0 Å². The van der Waals surface area contributed by atoms with Crippen molar-refractivity contribution < 1.29 is 9.59 Å². The Balaban J connectivity index is 1.64. The first kappa shape index (κ1) is 19.9. The number of urea groups is 1. The minimum atomic E-state index is -0.441. The number of amides is 2. The predicted octanol–water partition coefficient (Wildman–Crippen LogP) is 5.71. The number of fused-ring (bicyclic) bond motifs is 1. The highest BCUT2D eigenvalue weighted by atomic mass is 16.2. The number of nitrogens with one attached hydrogen (secondary N) is 2. The number of para-hydroxylation sites is 2. The molecule has 5 rings (SSSR count). The van der Waals surface area contributed by atoms with Crippen LogP contribution in [-0.2, 0) is 4.79 Å². The van der Waals surface area contributed by atoms with Gasteiger partial charge in [-0.2, -0.15) is 0 Å². The fourth-order valence-electron chi connectivity index (χ4n) is 5.20. The van der Waals surface area contributed by atoms with Gasteiger partial charge in [-0.25, -0.2) is 4.79 Å². The summed E-state index contributed by atoms with van der Waals surface area (Å²) < 4.78 is 0. The second-order valence-electron chi connectivity index (χ2n) is 8.78. The van der Waals surface area contributed by atoms with E-state index in [1.807, 2.05) is 59.5 Å². The average molecular weight is 416 g/mol. The number of allylic oxidation sites excluding steroid dienone is 1. The minimum absolute atomic E-state index is 0.123. The summed E-state index contributed by atoms with van der Waals surface area (Å²) in [6.07, 6.45) is 7.75. The molecule has 31 heavy (non-hydrogen) atoms. The lowest BCUT2D eigenvalue weighted by Crippen LogP contribution is -2.48. The van der Waals surface area contributed by atoms with Crippen LogP contribution in [0.2, 0.25) is 0 Å². The number of Topliss-reactive ketones (excluding diaryl/α,β-unsaturated/α-hetero) is 1. The summed E-state index contributed by atoms with van der Waals surface area (Å²) >= 11 is 0. The molecule has 0 bridgehead atoms. The molecule has 2 amide bonds. The van der Waals surface area contributed by atoms with Crippen LogP contribution in [0, 0.1) is 0 Å². The third-order valence-corrected chi connectivity index (χ3v) is 6.70. The van der Waals surface area contributed by atoms with E-state index in [1.165, 1.54) is 6.42 Å². The molecule has 0 unspecified atom stereocenters. The summed E-state index contributed by atoms with van der Waals surface area (Å²) in [5.74, 6) is 0.130. The lowest BCUT2D eigenvalue weighted by molar-refractivity contribution is -0.116. The molecule has 0 spiro atoms. The van der Waals surface area contributed by atoms with Crippen LogP contribution in [0.3, 0.4) is 0 Å². The number of anilines is 2. The molecule has 2 N–H and O–H groups in total. The molecule has 2 aromatic carbocycles. The van der Waals surface area contributed by atoms with Crippen LogP contribution >= 0.6 is 0 Å². The highest BCUT2D eigenvalue weighted by Gasteiger charge is 2.39. The van der Waals surface area contributed by atoms with Crippen LogP contribution in [0.1, 0.15) is 63.0 Å². The van der Waals surface area contributed by atoms with Crippen molar-refractivity contribution in [2.24, 2.45) is 0 Å². The second-order valence-corrected chi connectivity index (χ2v) is 8.78. The number of ketones is 1. The summed E-state index contributed by atoms with van der Waals surface area (Å²) in [4.78, 5) is 28.8. The summed E-state index contributed by atoms with van der Waals surface area (Å²) in [7, 11) is 0. The molecule has 0 radical (unpaired) electrons. The molecule has 5 heteroatoms. The fourth-order valence-corrected chi connectivity index (χ4v) is 5.20. The van der Waals surface area contributed by atoms with Crippen molar-refractivity contribution in [1.29, 1.82) is 0 Å². The van der Waals surface area contributed by atoms with E-state index in [0.717, 1.165) is 66.7 Å². The molecule has 2 aliphatic carbocycles. The highest BCUT2D eigenvalue weighted by Crippen LogP contribution is 2.44. The zero-order chi connectivity index (χ0) is 21.2. The van der Waals surface area contributed by atoms with Crippen molar-refractivity contribution in [2.75, 3.05) is 10.2 Å². The highest BCUT2D eigenvalue weighted by molar-refractivity contribution is 6.05. The standard InChI is InChI=1S/C26H29N3O2/c30-23-17-9-15-21-24(23)25(18-10-3-1-4-11-18)29(22-16-8-7-14-20(22)28-21)26(31)27-19-12-5-2-6-13-19/h1,3-4,7-8,10-11,14,16,19,25,28H,2,5-6,9,12-13,15,17H2,(H,27,31)/t25-/m1/s1. The van der Waals surface area contributed by atoms with E-state index in [2.05, 4.69) is 10.6 Å². The van der Waals surface area contributed by atoms with Gasteiger partial charge in [0.05, 0.1) is 17.4 Å². The van der Waals surface area contributed by atoms with Gasteiger partial charge in [-0.3, -0.25) is 9.69 Å². The van der Waals surface area contributed by atoms with Gasteiger partial charge in [-0.05, 0) is 43.4 Å². The van der Waals surface area contributed by atoms with E-state index in [4.69, 9.17) is 0 Å². The number of nitrogens with zero attached hydrogens (tertiary/aromatic N) is 1. The first-order valence-electron chi connectivity index (χ1n) is 11.5. The van der Waals surface area contributed by atoms with Crippen molar-refractivity contribution in [3.05, 3.63) is 71.4 Å². The summed E-state index contributed by atoms with van der Waals surface area (Å²) in [5.41, 5.74) is 4.33. The van der Waals surface area contributed by atoms with E-state index >= 15 is 0 Å². The van der Waals surface area contributed by atoms with Gasteiger partial charge in [0.1, 0.15) is 0 Å². The molecule has 1 atom stereocenters. The number of benzene rings is 2. The van der Waals surface area contributed by atoms with E-state index in [9.17, 15) is 9.59 Å². The molecule has 5 nitrogen and oxygen atoms in total. The normalized spacial score (nSPS) is 21.6. The Morgan fingerprint density at radius 2 is 1.65 bits per heavy atom. The van der Waals surface area contributed by atoms with Crippen LogP contribution in [0.25, 0.3) is 0 Å². The largest absolute Gasteiger partial charge is 0.357 e. The SMILES string of the molecule is O=C1CCCC2=C1[C@@H](c1ccccc1)N(C(=O)NC1CCCCC1)c1ccccc1N2. The number of carbonyl (C=O) groups excluding carboxylic acids is 2. The topological polar surface area (TPSA) is 61.4 Å². The summed E-state index contributed by atoms with van der Waals surface area (Å²) in [6, 6.07) is 17.5. The first-order valence-corrected chi connectivity index (χ1v) is 11.5. The van der Waals surface area contributed by atoms with Crippen LogP contribution in [-0.4, -0.2) is 17.9 Å². The van der Waals surface area contributed by atoms with Crippen molar-refractivity contribution >= 4 is 23.2 Å². The van der Waals surface area contributed by atoms with Crippen LogP contribution in [0.4, 0.5) is 16.2 Å². The van der Waals surface area contributed by atoms with Crippen molar-refractivity contribution in [1.82, 2.24) is 5.32 Å². The van der Waals surface area contributed by atoms with Gasteiger partial charge >= 0.3 is 6.03 Å². The molecule has 0 saturated heterocycles. The van der Waals surface area contributed by atoms with Gasteiger partial charge in [-0.15, -0.1) is 0 Å². The van der Waals surface area contributed by atoms with Gasteiger partial charge in [0.15, 0.2) is 5.78 Å². The van der Waals surface area contributed by atoms with Crippen molar-refractivity contribution in [3.63, 3.8) is 0 Å². The average Bonchev–Trinajstić information content (AvgIpc) is 2.95. The maximum absolute atomic E-state index is 13.8. The second kappa shape index (κ2) is 8.58. The Morgan fingerprint density at radius 3 is 2.45 bits per heavy atom. The minimum Gasteiger partial charge on any atom is -0.357 e. The van der Waals surface area contributed by atoms with Crippen LogP contribution in [0.15, 0.2) is 65.9 Å². The number of carbonyl (C=O) groups is 2. The Kier molecular flexibility index (Phi) is 5.49. The first-order chi connectivity index (χ1) is 15.2. The Hall–Kier alpha value is -3.08. The van der Waals surface area contributed by atoms with Gasteiger partial charge < -0.3 is 10.6 Å². The fraction of sp³-hybridized carbons (Fsp3) is 0.385. The quantitative estimate of drug-likeness (QED) is 0.660.